The van der Waals surface area contributed by atoms with Gasteiger partial charge in [0.15, 0.2) is 0 Å². The van der Waals surface area contributed by atoms with E-state index in [0.717, 1.165) is 28.0 Å². The van der Waals surface area contributed by atoms with Crippen LogP contribution in [0.1, 0.15) is 22.5 Å². The Bertz CT molecular complexity index is 534. The molecule has 0 fully saturated rings. The summed E-state index contributed by atoms with van der Waals surface area (Å²) in [7, 11) is 0. The van der Waals surface area contributed by atoms with E-state index in [1.165, 1.54) is 5.56 Å². The van der Waals surface area contributed by atoms with E-state index >= 15 is 0 Å². The van der Waals surface area contributed by atoms with Gasteiger partial charge in [-0.2, -0.15) is 5.10 Å². The van der Waals surface area contributed by atoms with Crippen LogP contribution in [-0.2, 0) is 12.4 Å². The summed E-state index contributed by atoms with van der Waals surface area (Å²) in [4.78, 5) is 0. The van der Waals surface area contributed by atoms with E-state index in [-0.39, 0.29) is 0 Å². The largest absolute Gasteiger partial charge is 0.265 e. The fraction of sp³-hybridized carbons (Fsp3) is 0.308. The summed E-state index contributed by atoms with van der Waals surface area (Å²) in [5.74, 6) is 0.521. The summed E-state index contributed by atoms with van der Waals surface area (Å²) in [5, 5.41) is 4.53. The van der Waals surface area contributed by atoms with E-state index in [1.54, 1.807) is 0 Å². The Labute approximate surface area is 115 Å². The van der Waals surface area contributed by atoms with Crippen molar-refractivity contribution in [1.29, 1.82) is 0 Å². The normalized spacial score (nSPS) is 10.8. The van der Waals surface area contributed by atoms with E-state index in [0.29, 0.717) is 5.88 Å². The van der Waals surface area contributed by atoms with Crippen molar-refractivity contribution < 1.29 is 0 Å². The first-order valence-electron chi connectivity index (χ1n) is 5.45. The molecule has 0 bridgehead atoms. The number of aromatic nitrogens is 2. The molecular weight excluding hydrogens is 300 g/mol. The molecule has 2 nitrogen and oxygen atoms in total. The quantitative estimate of drug-likeness (QED) is 0.782. The van der Waals surface area contributed by atoms with Crippen molar-refractivity contribution in [3.05, 3.63) is 51.3 Å². The zero-order chi connectivity index (χ0) is 12.4. The lowest BCUT2D eigenvalue weighted by Crippen LogP contribution is -2.04. The van der Waals surface area contributed by atoms with Crippen LogP contribution in [0.4, 0.5) is 0 Å². The topological polar surface area (TPSA) is 17.8 Å². The molecule has 0 spiro atoms. The molecule has 0 radical (unpaired) electrons. The highest BCUT2D eigenvalue weighted by Crippen LogP contribution is 2.20. The van der Waals surface area contributed by atoms with Crippen LogP contribution in [-0.4, -0.2) is 9.78 Å². The lowest BCUT2D eigenvalue weighted by atomic mass is 10.2. The predicted molar refractivity (Wildman–Crippen MR) is 74.5 cm³/mol. The lowest BCUT2D eigenvalue weighted by Gasteiger charge is -2.07. The van der Waals surface area contributed by atoms with Gasteiger partial charge in [-0.25, -0.2) is 0 Å². The third-order valence-corrected chi connectivity index (χ3v) is 3.98. The molecule has 1 heterocycles. The zero-order valence-corrected chi connectivity index (χ0v) is 12.2. The summed E-state index contributed by atoms with van der Waals surface area (Å²) in [6, 6.07) is 8.19. The van der Waals surface area contributed by atoms with Gasteiger partial charge in [0.25, 0.3) is 0 Å². The van der Waals surface area contributed by atoms with Crippen LogP contribution in [0, 0.1) is 13.8 Å². The van der Waals surface area contributed by atoms with Crippen LogP contribution in [0.3, 0.4) is 0 Å². The number of aryl methyl sites for hydroxylation is 1. The second-order valence-corrected chi connectivity index (χ2v) is 5.15. The van der Waals surface area contributed by atoms with Crippen LogP contribution in [0.25, 0.3) is 0 Å². The van der Waals surface area contributed by atoms with Gasteiger partial charge in [-0.05, 0) is 25.5 Å². The van der Waals surface area contributed by atoms with Crippen molar-refractivity contribution in [3.8, 4) is 0 Å². The first-order chi connectivity index (χ1) is 8.13. The van der Waals surface area contributed by atoms with Gasteiger partial charge in [-0.1, -0.05) is 34.1 Å². The third kappa shape index (κ3) is 2.55. The van der Waals surface area contributed by atoms with Gasteiger partial charge < -0.3 is 0 Å². The maximum Gasteiger partial charge on any atom is 0.0673 e. The summed E-state index contributed by atoms with van der Waals surface area (Å²) in [6.45, 7) is 4.83. The molecule has 90 valence electrons. The van der Waals surface area contributed by atoms with E-state index in [1.807, 2.05) is 29.8 Å². The highest BCUT2D eigenvalue weighted by atomic mass is 79.9. The molecule has 0 unspecified atom stereocenters. The van der Waals surface area contributed by atoms with Crippen molar-refractivity contribution in [2.75, 3.05) is 0 Å². The summed E-state index contributed by atoms with van der Waals surface area (Å²) < 4.78 is 3.12. The van der Waals surface area contributed by atoms with Crippen molar-refractivity contribution in [1.82, 2.24) is 9.78 Å². The van der Waals surface area contributed by atoms with Gasteiger partial charge >= 0.3 is 0 Å². The number of alkyl halides is 1. The Hall–Kier alpha value is -0.800. The minimum absolute atomic E-state index is 0.521. The minimum Gasteiger partial charge on any atom is -0.265 e. The average molecular weight is 314 g/mol. The van der Waals surface area contributed by atoms with E-state index < -0.39 is 0 Å². The lowest BCUT2D eigenvalue weighted by molar-refractivity contribution is 0.657. The third-order valence-electron chi connectivity index (χ3n) is 2.94. The molecule has 0 aliphatic carbocycles. The Morgan fingerprint density at radius 1 is 1.29 bits per heavy atom. The van der Waals surface area contributed by atoms with Crippen molar-refractivity contribution in [2.24, 2.45) is 0 Å². The van der Waals surface area contributed by atoms with Crippen molar-refractivity contribution >= 4 is 27.5 Å². The number of rotatable bonds is 3. The first kappa shape index (κ1) is 12.7. The van der Waals surface area contributed by atoms with E-state index in [2.05, 4.69) is 34.0 Å². The van der Waals surface area contributed by atoms with Crippen LogP contribution in [0.2, 0.25) is 0 Å². The van der Waals surface area contributed by atoms with Crippen LogP contribution in [0.5, 0.6) is 0 Å². The van der Waals surface area contributed by atoms with Crippen molar-refractivity contribution in [3.63, 3.8) is 0 Å². The number of halogens is 2. The molecule has 0 saturated carbocycles. The minimum atomic E-state index is 0.521. The SMILES string of the molecule is Cc1nn(Cc2ccccc2Br)c(C)c1CCl. The van der Waals surface area contributed by atoms with E-state index in [4.69, 9.17) is 11.6 Å². The summed E-state index contributed by atoms with van der Waals surface area (Å²) in [5.41, 5.74) is 4.52. The summed E-state index contributed by atoms with van der Waals surface area (Å²) in [6.07, 6.45) is 0. The van der Waals surface area contributed by atoms with Crippen LogP contribution >= 0.6 is 27.5 Å². The Balaban J connectivity index is 2.34. The molecular formula is C13H14BrClN2. The average Bonchev–Trinajstić information content (AvgIpc) is 2.57. The monoisotopic (exact) mass is 312 g/mol. The molecule has 0 saturated heterocycles. The Morgan fingerprint density at radius 2 is 2.00 bits per heavy atom. The fourth-order valence-corrected chi connectivity index (χ4v) is 2.67. The second kappa shape index (κ2) is 5.23. The molecule has 0 atom stereocenters. The molecule has 2 rings (SSSR count). The number of hydrogen-bond donors (Lipinski definition) is 0. The van der Waals surface area contributed by atoms with Gasteiger partial charge in [0.1, 0.15) is 0 Å². The molecule has 4 heteroatoms. The van der Waals surface area contributed by atoms with Crippen LogP contribution < -0.4 is 0 Å². The molecule has 0 amide bonds. The highest BCUT2D eigenvalue weighted by molar-refractivity contribution is 9.10. The molecule has 2 aromatic rings. The Kier molecular flexibility index (Phi) is 3.89. The smallest absolute Gasteiger partial charge is 0.0673 e. The molecule has 1 aromatic heterocycles. The van der Waals surface area contributed by atoms with Gasteiger partial charge in [0.05, 0.1) is 18.1 Å². The standard InChI is InChI=1S/C13H14BrClN2/c1-9-12(7-15)10(2)17(16-9)8-11-5-3-4-6-13(11)14/h3-6H,7-8H2,1-2H3. The molecule has 0 aliphatic heterocycles. The molecule has 0 N–H and O–H groups in total. The van der Waals surface area contributed by atoms with Crippen LogP contribution in [0.15, 0.2) is 28.7 Å². The van der Waals surface area contributed by atoms with Gasteiger partial charge in [0.2, 0.25) is 0 Å². The maximum absolute atomic E-state index is 5.92. The Morgan fingerprint density at radius 3 is 2.59 bits per heavy atom. The van der Waals surface area contributed by atoms with E-state index in [9.17, 15) is 0 Å². The predicted octanol–water partition coefficient (Wildman–Crippen LogP) is 4.05. The van der Waals surface area contributed by atoms with Crippen molar-refractivity contribution in [2.45, 2.75) is 26.3 Å². The summed E-state index contributed by atoms with van der Waals surface area (Å²) >= 11 is 9.48. The zero-order valence-electron chi connectivity index (χ0n) is 9.87. The number of nitrogens with zero attached hydrogens (tertiary/aromatic N) is 2. The van der Waals surface area contributed by atoms with Gasteiger partial charge in [-0.15, -0.1) is 11.6 Å². The first-order valence-corrected chi connectivity index (χ1v) is 6.78. The molecule has 17 heavy (non-hydrogen) atoms. The number of hydrogen-bond acceptors (Lipinski definition) is 1. The number of benzene rings is 1. The molecule has 0 aliphatic rings. The highest BCUT2D eigenvalue weighted by Gasteiger charge is 2.11. The fourth-order valence-electron chi connectivity index (χ4n) is 1.87. The second-order valence-electron chi connectivity index (χ2n) is 4.03. The van der Waals surface area contributed by atoms with Gasteiger partial charge in [-0.3, -0.25) is 4.68 Å². The molecule has 1 aromatic carbocycles. The maximum atomic E-state index is 5.92. The van der Waals surface area contributed by atoms with Gasteiger partial charge in [0, 0.05) is 15.7 Å².